The van der Waals surface area contributed by atoms with Gasteiger partial charge in [0.1, 0.15) is 6.04 Å². The number of carbonyl (C=O) groups excluding carboxylic acids is 2. The lowest BCUT2D eigenvalue weighted by Gasteiger charge is -2.13. The van der Waals surface area contributed by atoms with E-state index in [1.54, 1.807) is 0 Å². The summed E-state index contributed by atoms with van der Waals surface area (Å²) >= 11 is 0. The quantitative estimate of drug-likeness (QED) is 0.198. The molecule has 0 amide bonds. The molecular weight excluding hydrogens is 384 g/mol. The number of hydrogen-bond acceptors (Lipinski definition) is 6. The van der Waals surface area contributed by atoms with Gasteiger partial charge < -0.3 is 20.5 Å². The van der Waals surface area contributed by atoms with Crippen molar-refractivity contribution in [2.45, 2.75) is 111 Å². The van der Waals surface area contributed by atoms with Crippen molar-refractivity contribution >= 4 is 17.9 Å². The fourth-order valence-corrected chi connectivity index (χ4v) is 2.89. The number of carboxylic acids is 1. The van der Waals surface area contributed by atoms with Crippen molar-refractivity contribution in [2.75, 3.05) is 19.6 Å². The van der Waals surface area contributed by atoms with Crippen molar-refractivity contribution < 1.29 is 24.2 Å². The van der Waals surface area contributed by atoms with Crippen molar-refractivity contribution in [1.29, 1.82) is 0 Å². The van der Waals surface area contributed by atoms with E-state index in [9.17, 15) is 14.4 Å². The predicted octanol–water partition coefficient (Wildman–Crippen LogP) is 4.52. The van der Waals surface area contributed by atoms with Crippen molar-refractivity contribution in [3.05, 3.63) is 0 Å². The first-order chi connectivity index (χ1) is 14.3. The fraction of sp³-hybridized carbons (Fsp3) is 0.870. The number of aliphatic carboxylic acids is 1. The first-order valence-corrected chi connectivity index (χ1v) is 11.8. The first kappa shape index (κ1) is 30.7. The summed E-state index contributed by atoms with van der Waals surface area (Å²) in [5, 5.41) is 8.50. The van der Waals surface area contributed by atoms with E-state index in [0.717, 1.165) is 12.8 Å². The Kier molecular flexibility index (Phi) is 22.8. The van der Waals surface area contributed by atoms with Crippen LogP contribution in [0.1, 0.15) is 105 Å². The molecule has 0 saturated heterocycles. The van der Waals surface area contributed by atoms with Crippen LogP contribution in [-0.2, 0) is 19.1 Å². The highest BCUT2D eigenvalue weighted by atomic mass is 16.6. The van der Waals surface area contributed by atoms with E-state index in [4.69, 9.17) is 10.8 Å². The van der Waals surface area contributed by atoms with E-state index >= 15 is 0 Å². The molecule has 0 saturated carbocycles. The highest BCUT2D eigenvalue weighted by Gasteiger charge is 2.19. The number of esters is 2. The Labute approximate surface area is 183 Å². The van der Waals surface area contributed by atoms with Gasteiger partial charge in [-0.15, -0.1) is 0 Å². The van der Waals surface area contributed by atoms with Gasteiger partial charge in [0.15, 0.2) is 0 Å². The van der Waals surface area contributed by atoms with Gasteiger partial charge in [0.2, 0.25) is 0 Å². The average molecular weight is 431 g/mol. The van der Waals surface area contributed by atoms with Crippen LogP contribution < -0.4 is 5.73 Å². The second kappa shape index (κ2) is 22.2. The van der Waals surface area contributed by atoms with Crippen molar-refractivity contribution in [1.82, 2.24) is 4.90 Å². The fourth-order valence-electron chi connectivity index (χ4n) is 2.89. The van der Waals surface area contributed by atoms with Crippen molar-refractivity contribution in [3.8, 4) is 0 Å². The summed E-state index contributed by atoms with van der Waals surface area (Å²) in [5.74, 6) is -2.45. The van der Waals surface area contributed by atoms with Crippen LogP contribution in [0.25, 0.3) is 0 Å². The molecule has 3 N–H and O–H groups in total. The first-order valence-electron chi connectivity index (χ1n) is 11.8. The van der Waals surface area contributed by atoms with Gasteiger partial charge in [-0.3, -0.25) is 9.59 Å². The molecule has 178 valence electrons. The number of rotatable bonds is 17. The molecule has 0 fully saturated rings. The molecule has 0 radical (unpaired) electrons. The van der Waals surface area contributed by atoms with Gasteiger partial charge in [0, 0.05) is 12.8 Å². The molecule has 0 aromatic heterocycles. The second-order valence-corrected chi connectivity index (χ2v) is 7.53. The van der Waals surface area contributed by atoms with Crippen LogP contribution in [-0.4, -0.2) is 53.6 Å². The Hall–Kier alpha value is -1.47. The second-order valence-electron chi connectivity index (χ2n) is 7.53. The summed E-state index contributed by atoms with van der Waals surface area (Å²) in [4.78, 5) is 35.7. The minimum Gasteiger partial charge on any atom is -0.481 e. The molecule has 0 bridgehead atoms. The van der Waals surface area contributed by atoms with Gasteiger partial charge in [-0.1, -0.05) is 79.1 Å². The van der Waals surface area contributed by atoms with Gasteiger partial charge in [-0.2, -0.15) is 0 Å². The number of nitrogens with zero attached hydrogens (tertiary/aromatic N) is 1. The normalized spacial score (nSPS) is 11.5. The van der Waals surface area contributed by atoms with Crippen molar-refractivity contribution in [2.24, 2.45) is 5.73 Å². The molecule has 0 heterocycles. The topological polar surface area (TPSA) is 110 Å². The lowest BCUT2D eigenvalue weighted by atomic mass is 10.1. The van der Waals surface area contributed by atoms with Gasteiger partial charge >= 0.3 is 17.9 Å². The molecule has 7 heteroatoms. The lowest BCUT2D eigenvalue weighted by Crippen LogP contribution is -2.34. The molecule has 0 aromatic carbocycles. The minimum absolute atomic E-state index is 0.0283. The lowest BCUT2D eigenvalue weighted by molar-refractivity contribution is -0.160. The third-order valence-electron chi connectivity index (χ3n) is 5.01. The number of nitrogens with two attached hydrogens (primary N) is 1. The van der Waals surface area contributed by atoms with Crippen LogP contribution in [0.2, 0.25) is 0 Å². The zero-order valence-corrected chi connectivity index (χ0v) is 19.8. The van der Waals surface area contributed by atoms with Crippen molar-refractivity contribution in [3.63, 3.8) is 0 Å². The smallest absolute Gasteiger partial charge is 0.330 e. The molecule has 1 atom stereocenters. The van der Waals surface area contributed by atoms with Crippen LogP contribution in [0.4, 0.5) is 0 Å². The van der Waals surface area contributed by atoms with E-state index in [1.165, 1.54) is 58.2 Å². The highest BCUT2D eigenvalue weighted by molar-refractivity contribution is 5.88. The zero-order valence-electron chi connectivity index (χ0n) is 19.8. The maximum Gasteiger partial charge on any atom is 0.330 e. The van der Waals surface area contributed by atoms with E-state index < -0.39 is 23.9 Å². The summed E-state index contributed by atoms with van der Waals surface area (Å²) in [6, 6.07) is -1.06. The minimum atomic E-state index is -1.06. The van der Waals surface area contributed by atoms with Crippen LogP contribution in [0.5, 0.6) is 0 Å². The molecule has 7 nitrogen and oxygen atoms in total. The Morgan fingerprint density at radius 2 is 1.27 bits per heavy atom. The summed E-state index contributed by atoms with van der Waals surface area (Å²) in [6.07, 6.45) is 10.2. The summed E-state index contributed by atoms with van der Waals surface area (Å²) in [6.45, 7) is 12.3. The third-order valence-corrected chi connectivity index (χ3v) is 5.01. The predicted molar refractivity (Wildman–Crippen MR) is 121 cm³/mol. The van der Waals surface area contributed by atoms with E-state index in [0.29, 0.717) is 6.42 Å². The van der Waals surface area contributed by atoms with E-state index in [2.05, 4.69) is 37.3 Å². The molecule has 0 aliphatic carbocycles. The number of carbonyl (C=O) groups is 3. The molecular formula is C23H46N2O5. The average Bonchev–Trinajstić information content (AvgIpc) is 2.72. The standard InChI is InChI=1S/C17H31NO5.C6H15N/c1-2-3-4-5-6-7-8-9-10-11-16(21)23-17(22)14(18)12-13-15(19)20;1-4-7(5-2)6-3/h14H,2-13,18H2,1H3,(H,19,20);4-6H2,1-3H3/t14-;/m0./s1. The molecule has 0 aliphatic rings. The number of unbranched alkanes of at least 4 members (excludes halogenated alkanes) is 8. The number of carboxylic acid groups (broad SMARTS) is 1. The Balaban J connectivity index is 0. The summed E-state index contributed by atoms with van der Waals surface area (Å²) in [7, 11) is 0. The number of ether oxygens (including phenoxy) is 1. The largest absolute Gasteiger partial charge is 0.481 e. The molecule has 0 aromatic rings. The van der Waals surface area contributed by atoms with E-state index in [-0.39, 0.29) is 19.3 Å². The van der Waals surface area contributed by atoms with Gasteiger partial charge in [-0.25, -0.2) is 4.79 Å². The maximum atomic E-state index is 11.5. The Morgan fingerprint density at radius 3 is 1.67 bits per heavy atom. The number of hydrogen-bond donors (Lipinski definition) is 2. The zero-order chi connectivity index (χ0) is 23.2. The third kappa shape index (κ3) is 21.2. The molecule has 0 spiro atoms. The van der Waals surface area contributed by atoms with Gasteiger partial charge in [-0.05, 0) is 32.5 Å². The summed E-state index contributed by atoms with van der Waals surface area (Å²) in [5.41, 5.74) is 5.47. The van der Waals surface area contributed by atoms with Crippen LogP contribution in [0.3, 0.4) is 0 Å². The maximum absolute atomic E-state index is 11.5. The molecule has 30 heavy (non-hydrogen) atoms. The van der Waals surface area contributed by atoms with Gasteiger partial charge in [0.25, 0.3) is 0 Å². The van der Waals surface area contributed by atoms with Crippen LogP contribution >= 0.6 is 0 Å². The molecule has 0 aliphatic heterocycles. The molecule has 0 unspecified atom stereocenters. The Morgan fingerprint density at radius 1 is 0.800 bits per heavy atom. The SMILES string of the molecule is CCCCCCCCCCCC(=O)OC(=O)[C@@H](N)CCC(=O)O.CCN(CC)CC. The summed E-state index contributed by atoms with van der Waals surface area (Å²) < 4.78 is 4.62. The van der Waals surface area contributed by atoms with Crippen LogP contribution in [0, 0.1) is 0 Å². The monoisotopic (exact) mass is 430 g/mol. The van der Waals surface area contributed by atoms with E-state index in [1.807, 2.05) is 0 Å². The highest BCUT2D eigenvalue weighted by Crippen LogP contribution is 2.11. The Bertz CT molecular complexity index is 434. The molecule has 0 rings (SSSR count). The van der Waals surface area contributed by atoms with Crippen LogP contribution in [0.15, 0.2) is 0 Å². The van der Waals surface area contributed by atoms with Gasteiger partial charge in [0.05, 0.1) is 0 Å².